The van der Waals surface area contributed by atoms with E-state index >= 15 is 0 Å². The van der Waals surface area contributed by atoms with Crippen LogP contribution >= 0.6 is 22.6 Å². The zero-order chi connectivity index (χ0) is 14.5. The van der Waals surface area contributed by atoms with Gasteiger partial charge in [0.05, 0.1) is 11.3 Å². The van der Waals surface area contributed by atoms with E-state index < -0.39 is 5.97 Å². The summed E-state index contributed by atoms with van der Waals surface area (Å²) in [6, 6.07) is 4.96. The normalized spacial score (nSPS) is 15.8. The molecule has 0 bridgehead atoms. The van der Waals surface area contributed by atoms with Gasteiger partial charge in [0.15, 0.2) is 0 Å². The van der Waals surface area contributed by atoms with Gasteiger partial charge in [-0.05, 0) is 59.5 Å². The molecule has 2 N–H and O–H groups in total. The third kappa shape index (κ3) is 4.17. The molecule has 1 aliphatic heterocycles. The van der Waals surface area contributed by atoms with Crippen LogP contribution in [0.3, 0.4) is 0 Å². The fraction of sp³-hybridized carbons (Fsp3) is 0.429. The Hall–Kier alpha value is -1.15. The van der Waals surface area contributed by atoms with E-state index in [1.165, 1.54) is 0 Å². The summed E-state index contributed by atoms with van der Waals surface area (Å²) in [5.74, 6) is -0.855. The molecule has 0 aromatic heterocycles. The standard InChI is InChI=1S/C14H16INO4/c15-10-1-2-12(11(8-10)14(18)19)16-13(17)7-9-3-5-20-6-4-9/h1-2,8-9H,3-7H2,(H,16,17)(H,18,19). The van der Waals surface area contributed by atoms with Gasteiger partial charge in [-0.1, -0.05) is 0 Å². The van der Waals surface area contributed by atoms with Crippen LogP contribution in [0.1, 0.15) is 29.6 Å². The highest BCUT2D eigenvalue weighted by Crippen LogP contribution is 2.22. The van der Waals surface area contributed by atoms with Crippen molar-refractivity contribution in [3.05, 3.63) is 27.3 Å². The van der Waals surface area contributed by atoms with E-state index in [0.29, 0.717) is 31.2 Å². The first kappa shape index (κ1) is 15.2. The topological polar surface area (TPSA) is 75.6 Å². The van der Waals surface area contributed by atoms with Gasteiger partial charge in [0.2, 0.25) is 5.91 Å². The second-order valence-electron chi connectivity index (χ2n) is 4.80. The first-order chi connectivity index (χ1) is 9.56. The number of rotatable bonds is 4. The first-order valence-corrected chi connectivity index (χ1v) is 7.54. The summed E-state index contributed by atoms with van der Waals surface area (Å²) in [7, 11) is 0. The SMILES string of the molecule is O=C(CC1CCOCC1)Nc1ccc(I)cc1C(=O)O. The van der Waals surface area contributed by atoms with Crippen LogP contribution < -0.4 is 5.32 Å². The Labute approximate surface area is 130 Å². The van der Waals surface area contributed by atoms with Crippen molar-refractivity contribution in [2.45, 2.75) is 19.3 Å². The van der Waals surface area contributed by atoms with Crippen LogP contribution in [-0.4, -0.2) is 30.2 Å². The van der Waals surface area contributed by atoms with Crippen LogP contribution in [-0.2, 0) is 9.53 Å². The zero-order valence-electron chi connectivity index (χ0n) is 10.9. The minimum atomic E-state index is -1.04. The summed E-state index contributed by atoms with van der Waals surface area (Å²) in [6.07, 6.45) is 2.17. The summed E-state index contributed by atoms with van der Waals surface area (Å²) in [5.41, 5.74) is 0.479. The average molecular weight is 389 g/mol. The van der Waals surface area contributed by atoms with Crippen LogP contribution in [0.4, 0.5) is 5.69 Å². The number of hydrogen-bond donors (Lipinski definition) is 2. The zero-order valence-corrected chi connectivity index (χ0v) is 13.1. The minimum absolute atomic E-state index is 0.122. The summed E-state index contributed by atoms with van der Waals surface area (Å²) in [6.45, 7) is 1.39. The molecule has 108 valence electrons. The van der Waals surface area contributed by atoms with Gasteiger partial charge in [-0.25, -0.2) is 4.79 Å². The van der Waals surface area contributed by atoms with Gasteiger partial charge in [-0.3, -0.25) is 4.79 Å². The van der Waals surface area contributed by atoms with Crippen molar-refractivity contribution in [1.29, 1.82) is 0 Å². The van der Waals surface area contributed by atoms with E-state index in [-0.39, 0.29) is 11.5 Å². The summed E-state index contributed by atoms with van der Waals surface area (Å²) >= 11 is 2.04. The number of nitrogens with one attached hydrogen (secondary N) is 1. The Morgan fingerprint density at radius 2 is 2.05 bits per heavy atom. The molecule has 1 aromatic rings. The van der Waals surface area contributed by atoms with E-state index in [0.717, 1.165) is 16.4 Å². The maximum Gasteiger partial charge on any atom is 0.337 e. The lowest BCUT2D eigenvalue weighted by molar-refractivity contribution is -0.117. The lowest BCUT2D eigenvalue weighted by atomic mass is 9.96. The molecule has 1 aromatic carbocycles. The Bertz CT molecular complexity index is 512. The predicted molar refractivity (Wildman–Crippen MR) is 82.9 cm³/mol. The summed E-state index contributed by atoms with van der Waals surface area (Å²) in [5, 5.41) is 11.9. The Morgan fingerprint density at radius 1 is 1.35 bits per heavy atom. The third-order valence-electron chi connectivity index (χ3n) is 3.30. The molecule has 0 atom stereocenters. The largest absolute Gasteiger partial charge is 0.478 e. The van der Waals surface area contributed by atoms with Crippen LogP contribution in [0.25, 0.3) is 0 Å². The van der Waals surface area contributed by atoms with E-state index in [2.05, 4.69) is 5.32 Å². The molecule has 2 rings (SSSR count). The van der Waals surface area contributed by atoms with Crippen molar-refractivity contribution in [2.24, 2.45) is 5.92 Å². The fourth-order valence-electron chi connectivity index (χ4n) is 2.22. The quantitative estimate of drug-likeness (QED) is 0.777. The smallest absolute Gasteiger partial charge is 0.337 e. The molecule has 20 heavy (non-hydrogen) atoms. The molecule has 6 heteroatoms. The first-order valence-electron chi connectivity index (χ1n) is 6.46. The highest BCUT2D eigenvalue weighted by Gasteiger charge is 2.19. The second kappa shape index (κ2) is 7.03. The Kier molecular flexibility index (Phi) is 5.36. The molecule has 1 fully saturated rings. The molecule has 0 radical (unpaired) electrons. The maximum atomic E-state index is 12.0. The molecule has 0 unspecified atom stereocenters. The molecule has 0 spiro atoms. The van der Waals surface area contributed by atoms with E-state index in [1.807, 2.05) is 22.6 Å². The van der Waals surface area contributed by atoms with Crippen molar-refractivity contribution in [3.8, 4) is 0 Å². The van der Waals surface area contributed by atoms with Crippen LogP contribution in [0, 0.1) is 9.49 Å². The summed E-state index contributed by atoms with van der Waals surface area (Å²) < 4.78 is 6.07. The van der Waals surface area contributed by atoms with Crippen molar-refractivity contribution in [1.82, 2.24) is 0 Å². The number of hydrogen-bond acceptors (Lipinski definition) is 3. The number of carbonyl (C=O) groups is 2. The van der Waals surface area contributed by atoms with E-state index in [9.17, 15) is 9.59 Å². The van der Waals surface area contributed by atoms with Gasteiger partial charge in [-0.2, -0.15) is 0 Å². The lowest BCUT2D eigenvalue weighted by Crippen LogP contribution is -2.23. The molecule has 1 heterocycles. The fourth-order valence-corrected chi connectivity index (χ4v) is 2.71. The molecule has 0 saturated carbocycles. The molecule has 1 saturated heterocycles. The highest BCUT2D eigenvalue weighted by molar-refractivity contribution is 14.1. The van der Waals surface area contributed by atoms with Crippen LogP contribution in [0.15, 0.2) is 18.2 Å². The maximum absolute atomic E-state index is 12.0. The number of carboxylic acids is 1. The van der Waals surface area contributed by atoms with Crippen molar-refractivity contribution in [2.75, 3.05) is 18.5 Å². The number of carboxylic acid groups (broad SMARTS) is 1. The highest BCUT2D eigenvalue weighted by atomic mass is 127. The number of halogens is 1. The summed E-state index contributed by atoms with van der Waals surface area (Å²) in [4.78, 5) is 23.2. The Morgan fingerprint density at radius 3 is 2.70 bits per heavy atom. The molecule has 0 aliphatic carbocycles. The van der Waals surface area contributed by atoms with Gasteiger partial charge in [0, 0.05) is 23.2 Å². The average Bonchev–Trinajstić information content (AvgIpc) is 2.41. The van der Waals surface area contributed by atoms with Crippen molar-refractivity contribution < 1.29 is 19.4 Å². The third-order valence-corrected chi connectivity index (χ3v) is 3.97. The van der Waals surface area contributed by atoms with E-state index in [4.69, 9.17) is 9.84 Å². The Balaban J connectivity index is 2.01. The monoisotopic (exact) mass is 389 g/mol. The number of ether oxygens (including phenoxy) is 1. The molecule has 1 amide bonds. The number of benzene rings is 1. The van der Waals surface area contributed by atoms with Crippen LogP contribution in [0.5, 0.6) is 0 Å². The number of amides is 1. The number of aromatic carboxylic acids is 1. The molecular formula is C14H16INO4. The molecule has 1 aliphatic rings. The molecule has 5 nitrogen and oxygen atoms in total. The lowest BCUT2D eigenvalue weighted by Gasteiger charge is -2.21. The number of anilines is 1. The van der Waals surface area contributed by atoms with Gasteiger partial charge < -0.3 is 15.2 Å². The second-order valence-corrected chi connectivity index (χ2v) is 6.05. The number of carbonyl (C=O) groups excluding carboxylic acids is 1. The van der Waals surface area contributed by atoms with Crippen molar-refractivity contribution >= 4 is 40.2 Å². The van der Waals surface area contributed by atoms with Gasteiger partial charge >= 0.3 is 5.97 Å². The van der Waals surface area contributed by atoms with Gasteiger partial charge in [0.25, 0.3) is 0 Å². The minimum Gasteiger partial charge on any atom is -0.478 e. The van der Waals surface area contributed by atoms with Gasteiger partial charge in [0.1, 0.15) is 0 Å². The molecular weight excluding hydrogens is 373 g/mol. The predicted octanol–water partition coefficient (Wildman–Crippen LogP) is 2.74. The van der Waals surface area contributed by atoms with Crippen molar-refractivity contribution in [3.63, 3.8) is 0 Å². The van der Waals surface area contributed by atoms with Crippen LogP contribution in [0.2, 0.25) is 0 Å². The van der Waals surface area contributed by atoms with E-state index in [1.54, 1.807) is 18.2 Å². The van der Waals surface area contributed by atoms with Gasteiger partial charge in [-0.15, -0.1) is 0 Å².